The molecule has 4 nitrogen and oxygen atoms in total. The van der Waals surface area contributed by atoms with Crippen molar-refractivity contribution in [1.29, 1.82) is 0 Å². The van der Waals surface area contributed by atoms with Crippen LogP contribution in [0.15, 0.2) is 35.7 Å². The molecule has 0 saturated carbocycles. The maximum absolute atomic E-state index is 11.8. The fraction of sp³-hybridized carbons (Fsp3) is 0.333. The van der Waals surface area contributed by atoms with Crippen LogP contribution in [0.1, 0.15) is 19.5 Å². The van der Waals surface area contributed by atoms with Gasteiger partial charge in [0.2, 0.25) is 5.91 Å². The van der Waals surface area contributed by atoms with E-state index < -0.39 is 0 Å². The molecule has 0 aliphatic rings. The highest BCUT2D eigenvalue weighted by atomic mass is 32.1. The third-order valence-corrected chi connectivity index (χ3v) is 4.16. The van der Waals surface area contributed by atoms with Gasteiger partial charge < -0.3 is 11.1 Å². The van der Waals surface area contributed by atoms with Crippen molar-refractivity contribution in [2.75, 3.05) is 0 Å². The molecule has 20 heavy (non-hydrogen) atoms. The van der Waals surface area contributed by atoms with E-state index in [1.807, 2.05) is 49.6 Å². The van der Waals surface area contributed by atoms with E-state index in [-0.39, 0.29) is 17.9 Å². The van der Waals surface area contributed by atoms with Crippen molar-refractivity contribution in [2.24, 2.45) is 11.7 Å². The van der Waals surface area contributed by atoms with Crippen LogP contribution in [0.5, 0.6) is 0 Å². The topological polar surface area (TPSA) is 68.0 Å². The number of carbonyl (C=O) groups excluding carboxylic acids is 1. The van der Waals surface area contributed by atoms with Gasteiger partial charge in [0.1, 0.15) is 5.01 Å². The van der Waals surface area contributed by atoms with Gasteiger partial charge in [-0.2, -0.15) is 0 Å². The molecule has 106 valence electrons. The van der Waals surface area contributed by atoms with Crippen LogP contribution in [0.3, 0.4) is 0 Å². The lowest BCUT2D eigenvalue weighted by atomic mass is 10.0. The number of thiazole rings is 1. The Balaban J connectivity index is 1.96. The summed E-state index contributed by atoms with van der Waals surface area (Å²) < 4.78 is 0. The molecule has 2 unspecified atom stereocenters. The van der Waals surface area contributed by atoms with Gasteiger partial charge >= 0.3 is 0 Å². The molecular weight excluding hydrogens is 270 g/mol. The molecule has 1 aromatic carbocycles. The Bertz CT molecular complexity index is 566. The molecule has 0 fully saturated rings. The van der Waals surface area contributed by atoms with Crippen molar-refractivity contribution >= 4 is 17.2 Å². The average Bonchev–Trinajstić information content (AvgIpc) is 2.93. The highest BCUT2D eigenvalue weighted by Crippen LogP contribution is 2.23. The molecule has 0 spiro atoms. The zero-order valence-electron chi connectivity index (χ0n) is 11.7. The molecule has 0 saturated heterocycles. The standard InChI is InChI=1S/C15H19N3OS/c1-10(11(2)16)14(19)17-8-13-9-20-15(18-13)12-6-4-3-5-7-12/h3-7,9-11H,8,16H2,1-2H3,(H,17,19). The Morgan fingerprint density at radius 1 is 1.35 bits per heavy atom. The summed E-state index contributed by atoms with van der Waals surface area (Å²) >= 11 is 1.58. The fourth-order valence-electron chi connectivity index (χ4n) is 1.68. The quantitative estimate of drug-likeness (QED) is 0.888. The van der Waals surface area contributed by atoms with E-state index in [9.17, 15) is 4.79 Å². The van der Waals surface area contributed by atoms with E-state index in [2.05, 4.69) is 10.3 Å². The lowest BCUT2D eigenvalue weighted by Crippen LogP contribution is -2.38. The highest BCUT2D eigenvalue weighted by Gasteiger charge is 2.16. The molecule has 2 aromatic rings. The molecule has 0 bridgehead atoms. The predicted molar refractivity (Wildman–Crippen MR) is 82.2 cm³/mol. The Morgan fingerprint density at radius 3 is 2.70 bits per heavy atom. The third kappa shape index (κ3) is 3.65. The molecule has 5 heteroatoms. The maximum Gasteiger partial charge on any atom is 0.224 e. The molecule has 2 rings (SSSR count). The molecule has 0 radical (unpaired) electrons. The number of nitrogens with two attached hydrogens (primary N) is 1. The summed E-state index contributed by atoms with van der Waals surface area (Å²) in [5.74, 6) is -0.225. The van der Waals surface area contributed by atoms with E-state index in [0.717, 1.165) is 16.3 Å². The van der Waals surface area contributed by atoms with Crippen molar-refractivity contribution in [2.45, 2.75) is 26.4 Å². The Kier molecular flexibility index (Phi) is 4.87. The third-order valence-electron chi connectivity index (χ3n) is 3.22. The van der Waals surface area contributed by atoms with Crippen molar-refractivity contribution in [3.63, 3.8) is 0 Å². The second-order valence-corrected chi connectivity index (χ2v) is 5.73. The molecule has 3 N–H and O–H groups in total. The molecule has 1 amide bonds. The highest BCUT2D eigenvalue weighted by molar-refractivity contribution is 7.13. The summed E-state index contributed by atoms with van der Waals surface area (Å²) in [6.45, 7) is 4.11. The minimum absolute atomic E-state index is 0.0331. The first-order chi connectivity index (χ1) is 9.58. The van der Waals surface area contributed by atoms with Crippen LogP contribution in [0.25, 0.3) is 10.6 Å². The number of hydrogen-bond donors (Lipinski definition) is 2. The Labute approximate surface area is 123 Å². The fourth-order valence-corrected chi connectivity index (χ4v) is 2.50. The number of nitrogens with zero attached hydrogens (tertiary/aromatic N) is 1. The second kappa shape index (κ2) is 6.63. The van der Waals surface area contributed by atoms with Gasteiger partial charge in [-0.15, -0.1) is 11.3 Å². The number of nitrogens with one attached hydrogen (secondary N) is 1. The summed E-state index contributed by atoms with van der Waals surface area (Å²) in [6, 6.07) is 9.86. The Hall–Kier alpha value is -1.72. The zero-order chi connectivity index (χ0) is 14.5. The summed E-state index contributed by atoms with van der Waals surface area (Å²) in [5.41, 5.74) is 7.68. The van der Waals surface area contributed by atoms with Crippen LogP contribution >= 0.6 is 11.3 Å². The van der Waals surface area contributed by atoms with Crippen molar-refractivity contribution in [1.82, 2.24) is 10.3 Å². The van der Waals surface area contributed by atoms with Crippen molar-refractivity contribution in [3.8, 4) is 10.6 Å². The van der Waals surface area contributed by atoms with Crippen LogP contribution in [0, 0.1) is 5.92 Å². The lowest BCUT2D eigenvalue weighted by Gasteiger charge is -2.14. The molecule has 0 aliphatic carbocycles. The molecular formula is C15H19N3OS. The number of rotatable bonds is 5. The minimum Gasteiger partial charge on any atom is -0.350 e. The monoisotopic (exact) mass is 289 g/mol. The van der Waals surface area contributed by atoms with Gasteiger partial charge in [-0.1, -0.05) is 37.3 Å². The normalized spacial score (nSPS) is 13.8. The van der Waals surface area contributed by atoms with Crippen LogP contribution in [-0.4, -0.2) is 16.9 Å². The average molecular weight is 289 g/mol. The number of aromatic nitrogens is 1. The van der Waals surface area contributed by atoms with Gasteiger partial charge in [0.05, 0.1) is 12.2 Å². The van der Waals surface area contributed by atoms with Gasteiger partial charge in [0.15, 0.2) is 0 Å². The molecule has 1 heterocycles. The number of amides is 1. The van der Waals surface area contributed by atoms with Crippen LogP contribution in [0.4, 0.5) is 0 Å². The largest absolute Gasteiger partial charge is 0.350 e. The molecule has 0 aliphatic heterocycles. The number of hydrogen-bond acceptors (Lipinski definition) is 4. The second-order valence-electron chi connectivity index (χ2n) is 4.88. The molecule has 1 aromatic heterocycles. The van der Waals surface area contributed by atoms with E-state index in [1.54, 1.807) is 11.3 Å². The van der Waals surface area contributed by atoms with E-state index in [0.29, 0.717) is 6.54 Å². The van der Waals surface area contributed by atoms with E-state index in [1.165, 1.54) is 0 Å². The Morgan fingerprint density at radius 2 is 2.05 bits per heavy atom. The first-order valence-corrected chi connectivity index (χ1v) is 7.49. The zero-order valence-corrected chi connectivity index (χ0v) is 12.5. The minimum atomic E-state index is -0.192. The number of carbonyl (C=O) groups is 1. The van der Waals surface area contributed by atoms with Gasteiger partial charge in [-0.25, -0.2) is 4.98 Å². The summed E-state index contributed by atoms with van der Waals surface area (Å²) in [7, 11) is 0. The summed E-state index contributed by atoms with van der Waals surface area (Å²) in [6.07, 6.45) is 0. The van der Waals surface area contributed by atoms with Crippen molar-refractivity contribution in [3.05, 3.63) is 41.4 Å². The van der Waals surface area contributed by atoms with E-state index >= 15 is 0 Å². The summed E-state index contributed by atoms with van der Waals surface area (Å²) in [4.78, 5) is 16.3. The first kappa shape index (κ1) is 14.7. The number of benzene rings is 1. The molecule has 2 atom stereocenters. The van der Waals surface area contributed by atoms with E-state index in [4.69, 9.17) is 5.73 Å². The predicted octanol–water partition coefficient (Wildman–Crippen LogP) is 2.41. The van der Waals surface area contributed by atoms with Gasteiger partial charge in [-0.05, 0) is 6.92 Å². The van der Waals surface area contributed by atoms with Crippen LogP contribution in [0.2, 0.25) is 0 Å². The SMILES string of the molecule is CC(N)C(C)C(=O)NCc1csc(-c2ccccc2)n1. The van der Waals surface area contributed by atoms with Gasteiger partial charge in [0, 0.05) is 22.9 Å². The van der Waals surface area contributed by atoms with Crippen LogP contribution in [-0.2, 0) is 11.3 Å². The first-order valence-electron chi connectivity index (χ1n) is 6.61. The maximum atomic E-state index is 11.8. The van der Waals surface area contributed by atoms with Crippen molar-refractivity contribution < 1.29 is 4.79 Å². The summed E-state index contributed by atoms with van der Waals surface area (Å²) in [5, 5.41) is 5.81. The van der Waals surface area contributed by atoms with Crippen LogP contribution < -0.4 is 11.1 Å². The smallest absolute Gasteiger partial charge is 0.224 e. The lowest BCUT2D eigenvalue weighted by molar-refractivity contribution is -0.125. The van der Waals surface area contributed by atoms with Gasteiger partial charge in [-0.3, -0.25) is 4.79 Å². The van der Waals surface area contributed by atoms with Gasteiger partial charge in [0.25, 0.3) is 0 Å².